The molecule has 1 unspecified atom stereocenters. The van der Waals surface area contributed by atoms with Gasteiger partial charge in [0, 0.05) is 18.2 Å². The van der Waals surface area contributed by atoms with Crippen molar-refractivity contribution < 1.29 is 0 Å². The molecule has 2 aromatic heterocycles. The van der Waals surface area contributed by atoms with Crippen molar-refractivity contribution in [3.05, 3.63) is 27.7 Å². The number of aromatic nitrogens is 4. The van der Waals surface area contributed by atoms with Crippen molar-refractivity contribution in [1.29, 1.82) is 0 Å². The Labute approximate surface area is 122 Å². The molecule has 19 heavy (non-hydrogen) atoms. The summed E-state index contributed by atoms with van der Waals surface area (Å²) in [6.07, 6.45) is 2.70. The molecule has 0 saturated carbocycles. The fourth-order valence-corrected chi connectivity index (χ4v) is 3.25. The van der Waals surface area contributed by atoms with Crippen molar-refractivity contribution in [3.8, 4) is 0 Å². The third kappa shape index (κ3) is 2.98. The number of hydrogen-bond acceptors (Lipinski definition) is 4. The lowest BCUT2D eigenvalue weighted by atomic mass is 10.2. The minimum atomic E-state index is 0.171. The quantitative estimate of drug-likeness (QED) is 0.765. The molecule has 0 N–H and O–H groups in total. The summed E-state index contributed by atoms with van der Waals surface area (Å²) in [4.78, 5) is 9.16. The molecule has 0 aromatic carbocycles. The van der Waals surface area contributed by atoms with Gasteiger partial charge in [-0.1, -0.05) is 20.8 Å². The Morgan fingerprint density at radius 1 is 1.26 bits per heavy atom. The monoisotopic (exact) mass is 298 g/mol. The van der Waals surface area contributed by atoms with Crippen LogP contribution in [0.3, 0.4) is 0 Å². The van der Waals surface area contributed by atoms with Gasteiger partial charge in [0.2, 0.25) is 0 Å². The maximum absolute atomic E-state index is 5.83. The minimum absolute atomic E-state index is 0.171. The van der Waals surface area contributed by atoms with E-state index in [4.69, 9.17) is 11.6 Å². The van der Waals surface area contributed by atoms with Crippen molar-refractivity contribution >= 4 is 22.9 Å². The molecule has 0 amide bonds. The zero-order valence-electron chi connectivity index (χ0n) is 11.6. The van der Waals surface area contributed by atoms with E-state index in [1.165, 1.54) is 0 Å². The van der Waals surface area contributed by atoms with Crippen LogP contribution in [0.5, 0.6) is 0 Å². The Bertz CT molecular complexity index is 534. The van der Waals surface area contributed by atoms with Gasteiger partial charge in [0.1, 0.15) is 16.9 Å². The molecule has 0 aliphatic heterocycles. The van der Waals surface area contributed by atoms with Gasteiger partial charge in [-0.3, -0.25) is 0 Å². The second kappa shape index (κ2) is 6.48. The molecule has 0 bridgehead atoms. The smallest absolute Gasteiger partial charge is 0.150 e. The van der Waals surface area contributed by atoms with E-state index in [0.29, 0.717) is 5.88 Å². The molecule has 0 aliphatic carbocycles. The summed E-state index contributed by atoms with van der Waals surface area (Å²) in [5.74, 6) is 2.40. The van der Waals surface area contributed by atoms with Crippen LogP contribution in [0.25, 0.3) is 0 Å². The van der Waals surface area contributed by atoms with Gasteiger partial charge in [0.15, 0.2) is 5.82 Å². The number of thiazole rings is 1. The van der Waals surface area contributed by atoms with E-state index in [1.54, 1.807) is 11.3 Å². The van der Waals surface area contributed by atoms with E-state index in [2.05, 4.69) is 35.8 Å². The summed E-state index contributed by atoms with van der Waals surface area (Å²) in [6.45, 7) is 6.34. The van der Waals surface area contributed by atoms with Crippen molar-refractivity contribution in [3.63, 3.8) is 0 Å². The van der Waals surface area contributed by atoms with E-state index in [9.17, 15) is 0 Å². The van der Waals surface area contributed by atoms with E-state index in [1.807, 2.05) is 10.1 Å². The van der Waals surface area contributed by atoms with Crippen LogP contribution in [0.4, 0.5) is 0 Å². The van der Waals surface area contributed by atoms with Crippen molar-refractivity contribution in [2.24, 2.45) is 0 Å². The molecule has 0 radical (unpaired) electrons. The lowest BCUT2D eigenvalue weighted by Gasteiger charge is -2.14. The first-order chi connectivity index (χ1) is 9.23. The van der Waals surface area contributed by atoms with E-state index >= 15 is 0 Å². The molecule has 2 rings (SSSR count). The third-order valence-electron chi connectivity index (χ3n) is 3.05. The average Bonchev–Trinajstić information content (AvgIpc) is 3.06. The highest BCUT2D eigenvalue weighted by Crippen LogP contribution is 2.26. The number of alkyl halides is 1. The third-order valence-corrected chi connectivity index (χ3v) is 4.32. The zero-order valence-corrected chi connectivity index (χ0v) is 13.1. The Kier molecular flexibility index (Phi) is 4.93. The Hall–Kier alpha value is -0.940. The highest BCUT2D eigenvalue weighted by Gasteiger charge is 2.20. The second-order valence-electron chi connectivity index (χ2n) is 4.33. The topological polar surface area (TPSA) is 43.6 Å². The minimum Gasteiger partial charge on any atom is -0.243 e. The summed E-state index contributed by atoms with van der Waals surface area (Å²) >= 11 is 7.48. The van der Waals surface area contributed by atoms with Crippen LogP contribution in [0.1, 0.15) is 55.6 Å². The molecular formula is C13H19ClN4S. The number of rotatable bonds is 6. The summed E-state index contributed by atoms with van der Waals surface area (Å²) in [7, 11) is 0. The normalized spacial score (nSPS) is 12.8. The van der Waals surface area contributed by atoms with E-state index < -0.39 is 0 Å². The number of halogens is 1. The van der Waals surface area contributed by atoms with Crippen LogP contribution in [-0.4, -0.2) is 19.7 Å². The van der Waals surface area contributed by atoms with Gasteiger partial charge in [-0.05, 0) is 6.42 Å². The summed E-state index contributed by atoms with van der Waals surface area (Å²) < 4.78 is 2.04. The molecule has 0 aliphatic rings. The lowest BCUT2D eigenvalue weighted by Crippen LogP contribution is -2.14. The molecule has 2 aromatic rings. The summed E-state index contributed by atoms with van der Waals surface area (Å²) in [5.41, 5.74) is 0.939. The first kappa shape index (κ1) is 14.5. The van der Waals surface area contributed by atoms with Gasteiger partial charge in [0.25, 0.3) is 0 Å². The Morgan fingerprint density at radius 3 is 2.58 bits per heavy atom. The van der Waals surface area contributed by atoms with Crippen molar-refractivity contribution in [2.75, 3.05) is 0 Å². The van der Waals surface area contributed by atoms with Crippen molar-refractivity contribution in [1.82, 2.24) is 19.7 Å². The van der Waals surface area contributed by atoms with Crippen LogP contribution < -0.4 is 0 Å². The molecule has 0 spiro atoms. The van der Waals surface area contributed by atoms with Gasteiger partial charge in [-0.2, -0.15) is 5.10 Å². The molecule has 4 nitrogen and oxygen atoms in total. The largest absolute Gasteiger partial charge is 0.243 e. The molecular weight excluding hydrogens is 280 g/mol. The van der Waals surface area contributed by atoms with Gasteiger partial charge >= 0.3 is 0 Å². The van der Waals surface area contributed by atoms with Gasteiger partial charge in [-0.15, -0.1) is 22.9 Å². The second-order valence-corrected chi connectivity index (χ2v) is 5.49. The molecule has 0 saturated heterocycles. The number of aryl methyl sites for hydroxylation is 2. The van der Waals surface area contributed by atoms with Crippen molar-refractivity contribution in [2.45, 2.75) is 52.0 Å². The first-order valence-corrected chi connectivity index (χ1v) is 8.09. The maximum atomic E-state index is 5.83. The van der Waals surface area contributed by atoms with Gasteiger partial charge < -0.3 is 0 Å². The maximum Gasteiger partial charge on any atom is 0.150 e. The van der Waals surface area contributed by atoms with Gasteiger partial charge in [-0.25, -0.2) is 14.6 Å². The van der Waals surface area contributed by atoms with Crippen LogP contribution in [0, 0.1) is 0 Å². The zero-order chi connectivity index (χ0) is 13.8. The van der Waals surface area contributed by atoms with E-state index in [0.717, 1.165) is 41.6 Å². The number of hydrogen-bond donors (Lipinski definition) is 0. The number of nitrogens with zero attached hydrogens (tertiary/aromatic N) is 4. The molecule has 6 heteroatoms. The molecule has 2 heterocycles. The van der Waals surface area contributed by atoms with Crippen LogP contribution in [-0.2, 0) is 18.7 Å². The SMILES string of the molecule is CCc1nc(CC)n(C(CC)c2nc(CCl)cs2)n1. The fraction of sp³-hybridized carbons (Fsp3) is 0.615. The highest BCUT2D eigenvalue weighted by atomic mass is 35.5. The highest BCUT2D eigenvalue weighted by molar-refractivity contribution is 7.09. The summed E-state index contributed by atoms with van der Waals surface area (Å²) in [5, 5.41) is 7.71. The predicted octanol–water partition coefficient (Wildman–Crippen LogP) is 3.60. The average molecular weight is 299 g/mol. The summed E-state index contributed by atoms with van der Waals surface area (Å²) in [6, 6.07) is 0.171. The van der Waals surface area contributed by atoms with Crippen LogP contribution >= 0.6 is 22.9 Å². The molecule has 0 fully saturated rings. The van der Waals surface area contributed by atoms with E-state index in [-0.39, 0.29) is 6.04 Å². The molecule has 1 atom stereocenters. The molecule has 104 valence electrons. The van der Waals surface area contributed by atoms with Crippen LogP contribution in [0.2, 0.25) is 0 Å². The standard InChI is InChI=1S/C13H19ClN4S/c1-4-10(13-15-9(7-14)8-19-13)18-12(6-3)16-11(5-2)17-18/h8,10H,4-7H2,1-3H3. The first-order valence-electron chi connectivity index (χ1n) is 6.67. The fourth-order valence-electron chi connectivity index (χ4n) is 2.03. The predicted molar refractivity (Wildman–Crippen MR) is 78.9 cm³/mol. The van der Waals surface area contributed by atoms with Crippen LogP contribution in [0.15, 0.2) is 5.38 Å². The Balaban J connectivity index is 2.38. The lowest BCUT2D eigenvalue weighted by molar-refractivity contribution is 0.482. The van der Waals surface area contributed by atoms with Gasteiger partial charge in [0.05, 0.1) is 11.6 Å². The Morgan fingerprint density at radius 2 is 2.05 bits per heavy atom.